The molecule has 3 aliphatic rings. The minimum absolute atomic E-state index is 0.235. The van der Waals surface area contributed by atoms with E-state index in [0.29, 0.717) is 6.04 Å². The minimum atomic E-state index is 0.235. The number of ether oxygens (including phenoxy) is 1. The Balaban J connectivity index is 1.70. The molecule has 0 bridgehead atoms. The summed E-state index contributed by atoms with van der Waals surface area (Å²) in [5.74, 6) is 0.760. The molecule has 2 heteroatoms. The summed E-state index contributed by atoms with van der Waals surface area (Å²) in [5, 5.41) is 0. The topological polar surface area (TPSA) is 35.2 Å². The predicted octanol–water partition coefficient (Wildman–Crippen LogP) is 3.94. The molecule has 0 aromatic rings. The summed E-state index contributed by atoms with van der Waals surface area (Å²) in [6, 6.07) is 0.308. The summed E-state index contributed by atoms with van der Waals surface area (Å²) in [6.07, 6.45) is 16.7. The molecule has 0 aromatic heterocycles. The zero-order valence-electron chi connectivity index (χ0n) is 12.2. The second kappa shape index (κ2) is 5.97. The first-order chi connectivity index (χ1) is 9.27. The Morgan fingerprint density at radius 1 is 1.05 bits per heavy atom. The maximum atomic E-state index is 6.23. The normalized spacial score (nSPS) is 35.7. The van der Waals surface area contributed by atoms with Crippen LogP contribution in [0.2, 0.25) is 0 Å². The van der Waals surface area contributed by atoms with Gasteiger partial charge in [-0.1, -0.05) is 37.3 Å². The van der Waals surface area contributed by atoms with E-state index in [0.717, 1.165) is 12.5 Å². The van der Waals surface area contributed by atoms with Crippen LogP contribution in [0.25, 0.3) is 0 Å². The fourth-order valence-corrected chi connectivity index (χ4v) is 4.38. The van der Waals surface area contributed by atoms with E-state index in [1.54, 1.807) is 5.57 Å². The number of rotatable bonds is 1. The lowest BCUT2D eigenvalue weighted by Crippen LogP contribution is -2.42. The Kier molecular flexibility index (Phi) is 4.28. The first-order valence-corrected chi connectivity index (χ1v) is 8.38. The molecular weight excluding hydrogens is 234 g/mol. The lowest BCUT2D eigenvalue weighted by atomic mass is 9.73. The number of nitrogens with two attached hydrogens (primary N) is 1. The third-order valence-corrected chi connectivity index (χ3v) is 5.46. The van der Waals surface area contributed by atoms with Gasteiger partial charge >= 0.3 is 0 Å². The largest absolute Gasteiger partial charge is 0.375 e. The highest BCUT2D eigenvalue weighted by Crippen LogP contribution is 2.43. The van der Waals surface area contributed by atoms with Crippen molar-refractivity contribution in [2.45, 2.75) is 82.3 Å². The van der Waals surface area contributed by atoms with Crippen LogP contribution in [0.5, 0.6) is 0 Å². The number of hydrogen-bond donors (Lipinski definition) is 1. The van der Waals surface area contributed by atoms with Crippen molar-refractivity contribution < 1.29 is 4.74 Å². The van der Waals surface area contributed by atoms with Crippen molar-refractivity contribution in [2.24, 2.45) is 11.7 Å². The SMILES string of the molecule is NC1C=C(C2CCOC3(CCCCC3)C2)CCCC1. The first kappa shape index (κ1) is 13.6. The van der Waals surface area contributed by atoms with Crippen LogP contribution < -0.4 is 5.73 Å². The van der Waals surface area contributed by atoms with Crippen molar-refractivity contribution in [1.82, 2.24) is 0 Å². The van der Waals surface area contributed by atoms with Crippen molar-refractivity contribution in [3.05, 3.63) is 11.6 Å². The third kappa shape index (κ3) is 3.22. The quantitative estimate of drug-likeness (QED) is 0.727. The summed E-state index contributed by atoms with van der Waals surface area (Å²) in [4.78, 5) is 0. The van der Waals surface area contributed by atoms with Gasteiger partial charge in [0.1, 0.15) is 0 Å². The molecule has 2 aliphatic carbocycles. The number of allylic oxidation sites excluding steroid dienone is 1. The molecule has 108 valence electrons. The molecular formula is C17H29NO. The van der Waals surface area contributed by atoms with Crippen LogP contribution >= 0.6 is 0 Å². The Hall–Kier alpha value is -0.340. The molecule has 1 saturated carbocycles. The Morgan fingerprint density at radius 3 is 2.74 bits per heavy atom. The van der Waals surface area contributed by atoms with Gasteiger partial charge in [-0.25, -0.2) is 0 Å². The van der Waals surface area contributed by atoms with Crippen LogP contribution in [-0.4, -0.2) is 18.2 Å². The predicted molar refractivity (Wildman–Crippen MR) is 79.0 cm³/mol. The lowest BCUT2D eigenvalue weighted by molar-refractivity contribution is -0.112. The van der Waals surface area contributed by atoms with Gasteiger partial charge in [0.25, 0.3) is 0 Å². The molecule has 1 aliphatic heterocycles. The Labute approximate surface area is 117 Å². The second-order valence-electron chi connectivity index (χ2n) is 6.93. The summed E-state index contributed by atoms with van der Waals surface area (Å²) >= 11 is 0. The second-order valence-corrected chi connectivity index (χ2v) is 6.93. The third-order valence-electron chi connectivity index (χ3n) is 5.46. The molecule has 2 nitrogen and oxygen atoms in total. The fourth-order valence-electron chi connectivity index (χ4n) is 4.38. The van der Waals surface area contributed by atoms with Crippen LogP contribution in [0.4, 0.5) is 0 Å². The highest BCUT2D eigenvalue weighted by molar-refractivity contribution is 5.14. The van der Waals surface area contributed by atoms with E-state index in [1.165, 1.54) is 70.6 Å². The van der Waals surface area contributed by atoms with Gasteiger partial charge in [0.2, 0.25) is 0 Å². The van der Waals surface area contributed by atoms with Gasteiger partial charge in [-0.3, -0.25) is 0 Å². The highest BCUT2D eigenvalue weighted by Gasteiger charge is 2.39. The average Bonchev–Trinajstić information content (AvgIpc) is 2.64. The molecule has 2 N–H and O–H groups in total. The van der Waals surface area contributed by atoms with Gasteiger partial charge < -0.3 is 10.5 Å². The standard InChI is InChI=1S/C17H29NO/c18-16-7-3-2-6-14(12-16)15-8-11-19-17(13-15)9-4-1-5-10-17/h12,15-16H,1-11,13,18H2. The summed E-state index contributed by atoms with van der Waals surface area (Å²) in [5.41, 5.74) is 8.09. The summed E-state index contributed by atoms with van der Waals surface area (Å²) in [7, 11) is 0. The molecule has 3 rings (SSSR count). The molecule has 2 atom stereocenters. The summed E-state index contributed by atoms with van der Waals surface area (Å²) in [6.45, 7) is 0.969. The van der Waals surface area contributed by atoms with E-state index in [4.69, 9.17) is 10.5 Å². The van der Waals surface area contributed by atoms with E-state index in [9.17, 15) is 0 Å². The molecule has 19 heavy (non-hydrogen) atoms. The van der Waals surface area contributed by atoms with Crippen LogP contribution in [0.3, 0.4) is 0 Å². The van der Waals surface area contributed by atoms with Crippen molar-refractivity contribution in [1.29, 1.82) is 0 Å². The highest BCUT2D eigenvalue weighted by atomic mass is 16.5. The van der Waals surface area contributed by atoms with Crippen LogP contribution in [0, 0.1) is 5.92 Å². The molecule has 1 spiro atoms. The molecule has 1 saturated heterocycles. The summed E-state index contributed by atoms with van der Waals surface area (Å²) < 4.78 is 6.23. The van der Waals surface area contributed by atoms with Crippen molar-refractivity contribution in [3.8, 4) is 0 Å². The molecule has 0 radical (unpaired) electrons. The van der Waals surface area contributed by atoms with Gasteiger partial charge in [-0.2, -0.15) is 0 Å². The van der Waals surface area contributed by atoms with E-state index in [1.807, 2.05) is 0 Å². The fraction of sp³-hybridized carbons (Fsp3) is 0.882. The maximum Gasteiger partial charge on any atom is 0.0688 e. The monoisotopic (exact) mass is 263 g/mol. The molecule has 2 fully saturated rings. The van der Waals surface area contributed by atoms with E-state index in [-0.39, 0.29) is 5.60 Å². The van der Waals surface area contributed by atoms with Gasteiger partial charge in [0.05, 0.1) is 5.60 Å². The maximum absolute atomic E-state index is 6.23. The average molecular weight is 263 g/mol. The van der Waals surface area contributed by atoms with E-state index < -0.39 is 0 Å². The first-order valence-electron chi connectivity index (χ1n) is 8.38. The van der Waals surface area contributed by atoms with Crippen molar-refractivity contribution in [2.75, 3.05) is 6.61 Å². The zero-order valence-corrected chi connectivity index (χ0v) is 12.2. The van der Waals surface area contributed by atoms with Crippen LogP contribution in [-0.2, 0) is 4.74 Å². The van der Waals surface area contributed by atoms with Gasteiger partial charge in [-0.15, -0.1) is 0 Å². The Morgan fingerprint density at radius 2 is 1.89 bits per heavy atom. The molecule has 0 amide bonds. The lowest BCUT2D eigenvalue weighted by Gasteiger charge is -2.44. The van der Waals surface area contributed by atoms with Crippen molar-refractivity contribution >= 4 is 0 Å². The molecule has 1 heterocycles. The number of hydrogen-bond acceptors (Lipinski definition) is 2. The minimum Gasteiger partial charge on any atom is -0.375 e. The van der Waals surface area contributed by atoms with Gasteiger partial charge in [-0.05, 0) is 50.9 Å². The van der Waals surface area contributed by atoms with Crippen LogP contribution in [0.15, 0.2) is 11.6 Å². The van der Waals surface area contributed by atoms with E-state index >= 15 is 0 Å². The van der Waals surface area contributed by atoms with Gasteiger partial charge in [0.15, 0.2) is 0 Å². The van der Waals surface area contributed by atoms with Crippen molar-refractivity contribution in [3.63, 3.8) is 0 Å². The Bertz CT molecular complexity index is 325. The smallest absolute Gasteiger partial charge is 0.0688 e. The van der Waals surface area contributed by atoms with Crippen LogP contribution in [0.1, 0.15) is 70.6 Å². The van der Waals surface area contributed by atoms with Gasteiger partial charge in [0, 0.05) is 12.6 Å². The zero-order chi connectivity index (χ0) is 13.1. The molecule has 0 aromatic carbocycles. The van der Waals surface area contributed by atoms with E-state index in [2.05, 4.69) is 6.08 Å². The molecule has 2 unspecified atom stereocenters.